The van der Waals surface area contributed by atoms with E-state index in [-0.39, 0.29) is 17.9 Å². The third kappa shape index (κ3) is 7.18. The van der Waals surface area contributed by atoms with Gasteiger partial charge < -0.3 is 20.1 Å². The van der Waals surface area contributed by atoms with Crippen molar-refractivity contribution in [1.29, 1.82) is 0 Å². The molecule has 2 aromatic carbocycles. The Kier molecular flexibility index (Phi) is 8.51. The molecule has 2 rings (SSSR count). The minimum atomic E-state index is -0.249. The van der Waals surface area contributed by atoms with E-state index in [0.29, 0.717) is 18.0 Å². The van der Waals surface area contributed by atoms with E-state index in [1.54, 1.807) is 26.4 Å². The molecule has 2 aromatic rings. The highest BCUT2D eigenvalue weighted by Crippen LogP contribution is 2.19. The number of para-hydroxylation sites is 2. The lowest BCUT2D eigenvalue weighted by Gasteiger charge is -2.12. The predicted molar refractivity (Wildman–Crippen MR) is 115 cm³/mol. The fourth-order valence-corrected chi connectivity index (χ4v) is 2.59. The molecule has 0 spiro atoms. The van der Waals surface area contributed by atoms with Gasteiger partial charge in [-0.15, -0.1) is 0 Å². The number of benzene rings is 2. The minimum Gasteiger partial charge on any atom is -0.496 e. The molecule has 0 saturated carbocycles. The molecule has 152 valence electrons. The van der Waals surface area contributed by atoms with E-state index in [1.807, 2.05) is 55.5 Å². The SMILES string of the molecule is COc1ccccc1/C=C/C(=O)NC[C@H](C)NC(=O)/C=C/c1ccccc1OC. The van der Waals surface area contributed by atoms with Gasteiger partial charge in [0.25, 0.3) is 0 Å². The van der Waals surface area contributed by atoms with E-state index in [0.717, 1.165) is 11.1 Å². The van der Waals surface area contributed by atoms with E-state index < -0.39 is 0 Å². The third-order valence-corrected chi connectivity index (χ3v) is 4.08. The second kappa shape index (κ2) is 11.3. The Morgan fingerprint density at radius 1 is 0.862 bits per heavy atom. The van der Waals surface area contributed by atoms with Crippen molar-refractivity contribution >= 4 is 24.0 Å². The number of methoxy groups -OCH3 is 2. The van der Waals surface area contributed by atoms with Gasteiger partial charge in [0, 0.05) is 35.9 Å². The highest BCUT2D eigenvalue weighted by molar-refractivity contribution is 5.93. The van der Waals surface area contributed by atoms with Crippen LogP contribution in [0.5, 0.6) is 11.5 Å². The van der Waals surface area contributed by atoms with Crippen molar-refractivity contribution in [3.05, 3.63) is 71.8 Å². The molecule has 6 nitrogen and oxygen atoms in total. The molecule has 0 aliphatic heterocycles. The van der Waals surface area contributed by atoms with Gasteiger partial charge in [0.1, 0.15) is 11.5 Å². The molecule has 0 aromatic heterocycles. The second-order valence-electron chi connectivity index (χ2n) is 6.31. The van der Waals surface area contributed by atoms with Gasteiger partial charge >= 0.3 is 0 Å². The van der Waals surface area contributed by atoms with Gasteiger partial charge in [-0.3, -0.25) is 9.59 Å². The summed E-state index contributed by atoms with van der Waals surface area (Å²) >= 11 is 0. The Balaban J connectivity index is 1.80. The third-order valence-electron chi connectivity index (χ3n) is 4.08. The van der Waals surface area contributed by atoms with E-state index >= 15 is 0 Å². The van der Waals surface area contributed by atoms with Gasteiger partial charge in [-0.2, -0.15) is 0 Å². The molecule has 1 atom stereocenters. The molecule has 0 saturated heterocycles. The molecule has 0 fully saturated rings. The highest BCUT2D eigenvalue weighted by Gasteiger charge is 2.07. The quantitative estimate of drug-likeness (QED) is 0.641. The summed E-state index contributed by atoms with van der Waals surface area (Å²) < 4.78 is 10.5. The number of amides is 2. The van der Waals surface area contributed by atoms with Crippen molar-refractivity contribution in [2.24, 2.45) is 0 Å². The first kappa shape index (κ1) is 21.8. The van der Waals surface area contributed by atoms with Crippen LogP contribution in [-0.2, 0) is 9.59 Å². The smallest absolute Gasteiger partial charge is 0.244 e. The van der Waals surface area contributed by atoms with Crippen LogP contribution >= 0.6 is 0 Å². The van der Waals surface area contributed by atoms with Crippen LogP contribution in [0.2, 0.25) is 0 Å². The van der Waals surface area contributed by atoms with Crippen LogP contribution in [0.25, 0.3) is 12.2 Å². The Morgan fingerprint density at radius 3 is 1.86 bits per heavy atom. The largest absolute Gasteiger partial charge is 0.496 e. The van der Waals surface area contributed by atoms with Gasteiger partial charge in [0.2, 0.25) is 11.8 Å². The van der Waals surface area contributed by atoms with Crippen LogP contribution in [0.1, 0.15) is 18.1 Å². The fraction of sp³-hybridized carbons (Fsp3) is 0.217. The zero-order valence-electron chi connectivity index (χ0n) is 16.8. The number of carbonyl (C=O) groups excluding carboxylic acids is 2. The molecule has 6 heteroatoms. The minimum absolute atomic E-state index is 0.228. The predicted octanol–water partition coefficient (Wildman–Crippen LogP) is 3.05. The second-order valence-corrected chi connectivity index (χ2v) is 6.31. The zero-order chi connectivity index (χ0) is 21.1. The maximum Gasteiger partial charge on any atom is 0.244 e. The maximum atomic E-state index is 12.1. The summed E-state index contributed by atoms with van der Waals surface area (Å²) in [5.41, 5.74) is 1.63. The van der Waals surface area contributed by atoms with E-state index in [4.69, 9.17) is 9.47 Å². The summed E-state index contributed by atoms with van der Waals surface area (Å²) in [7, 11) is 3.17. The van der Waals surface area contributed by atoms with Crippen molar-refractivity contribution in [2.75, 3.05) is 20.8 Å². The van der Waals surface area contributed by atoms with Crippen LogP contribution in [0.3, 0.4) is 0 Å². The molecule has 0 heterocycles. The lowest BCUT2D eigenvalue weighted by molar-refractivity contribution is -0.118. The van der Waals surface area contributed by atoms with Crippen molar-refractivity contribution in [2.45, 2.75) is 13.0 Å². The summed E-state index contributed by atoms with van der Waals surface area (Å²) in [5.74, 6) is 0.890. The molecule has 0 unspecified atom stereocenters. The highest BCUT2D eigenvalue weighted by atomic mass is 16.5. The lowest BCUT2D eigenvalue weighted by Crippen LogP contribution is -2.40. The summed E-state index contributed by atoms with van der Waals surface area (Å²) in [6, 6.07) is 14.6. The number of carbonyl (C=O) groups is 2. The fourth-order valence-electron chi connectivity index (χ4n) is 2.59. The molecule has 0 aliphatic rings. The first-order valence-electron chi connectivity index (χ1n) is 9.24. The lowest BCUT2D eigenvalue weighted by atomic mass is 10.2. The van der Waals surface area contributed by atoms with Crippen molar-refractivity contribution in [1.82, 2.24) is 10.6 Å². The van der Waals surface area contributed by atoms with Gasteiger partial charge in [0.15, 0.2) is 0 Å². The van der Waals surface area contributed by atoms with Crippen molar-refractivity contribution in [3.63, 3.8) is 0 Å². The van der Waals surface area contributed by atoms with Crippen LogP contribution in [0, 0.1) is 0 Å². The van der Waals surface area contributed by atoms with E-state index in [2.05, 4.69) is 10.6 Å². The Morgan fingerprint density at radius 2 is 1.34 bits per heavy atom. The summed E-state index contributed by atoms with van der Waals surface area (Å²) in [6.45, 7) is 2.13. The standard InChI is InChI=1S/C23H26N2O4/c1-17(25-23(27)15-13-19-9-5-7-11-21(19)29-3)16-24-22(26)14-12-18-8-4-6-10-20(18)28-2/h4-15,17H,16H2,1-3H3,(H,24,26)(H,25,27)/b14-12+,15-13+/t17-/m0/s1. The number of rotatable bonds is 9. The average Bonchev–Trinajstić information content (AvgIpc) is 2.75. The number of ether oxygens (including phenoxy) is 2. The molecule has 0 radical (unpaired) electrons. The Labute approximate surface area is 171 Å². The number of hydrogen-bond donors (Lipinski definition) is 2. The van der Waals surface area contributed by atoms with Crippen LogP contribution in [-0.4, -0.2) is 38.6 Å². The Bertz CT molecular complexity index is 890. The van der Waals surface area contributed by atoms with Gasteiger partial charge in [-0.1, -0.05) is 36.4 Å². The molecule has 29 heavy (non-hydrogen) atoms. The molecule has 0 bridgehead atoms. The number of hydrogen-bond acceptors (Lipinski definition) is 4. The van der Waals surface area contributed by atoms with Crippen molar-refractivity contribution < 1.29 is 19.1 Å². The Hall–Kier alpha value is -3.54. The van der Waals surface area contributed by atoms with Crippen molar-refractivity contribution in [3.8, 4) is 11.5 Å². The molecule has 2 amide bonds. The molecular formula is C23H26N2O4. The normalized spacial score (nSPS) is 12.0. The van der Waals surface area contributed by atoms with Crippen LogP contribution in [0.4, 0.5) is 0 Å². The van der Waals surface area contributed by atoms with Crippen LogP contribution < -0.4 is 20.1 Å². The topological polar surface area (TPSA) is 76.7 Å². The van der Waals surface area contributed by atoms with Crippen LogP contribution in [0.15, 0.2) is 60.7 Å². The number of nitrogens with one attached hydrogen (secondary N) is 2. The molecule has 2 N–H and O–H groups in total. The first-order valence-corrected chi connectivity index (χ1v) is 9.24. The first-order chi connectivity index (χ1) is 14.0. The summed E-state index contributed by atoms with van der Waals surface area (Å²) in [5, 5.41) is 5.57. The van der Waals surface area contributed by atoms with Gasteiger partial charge in [-0.25, -0.2) is 0 Å². The molecule has 0 aliphatic carbocycles. The average molecular weight is 394 g/mol. The maximum absolute atomic E-state index is 12.1. The van der Waals surface area contributed by atoms with E-state index in [1.165, 1.54) is 12.2 Å². The zero-order valence-corrected chi connectivity index (χ0v) is 16.8. The van der Waals surface area contributed by atoms with Gasteiger partial charge in [-0.05, 0) is 31.2 Å². The summed E-state index contributed by atoms with van der Waals surface area (Å²) in [4.78, 5) is 24.1. The molecular weight excluding hydrogens is 368 g/mol. The monoisotopic (exact) mass is 394 g/mol. The van der Waals surface area contributed by atoms with E-state index in [9.17, 15) is 9.59 Å². The van der Waals surface area contributed by atoms with Gasteiger partial charge in [0.05, 0.1) is 14.2 Å². The summed E-state index contributed by atoms with van der Waals surface area (Å²) in [6.07, 6.45) is 6.26.